The molecule has 0 aliphatic heterocycles. The highest BCUT2D eigenvalue weighted by molar-refractivity contribution is 5.85. The second-order valence-corrected chi connectivity index (χ2v) is 7.76. The summed E-state index contributed by atoms with van der Waals surface area (Å²) in [5, 5.41) is 13.4. The van der Waals surface area contributed by atoms with E-state index in [1.807, 2.05) is 50.2 Å². The number of hydrogen-bond donors (Lipinski definition) is 2. The lowest BCUT2D eigenvalue weighted by atomic mass is 9.94. The molecule has 0 saturated heterocycles. The molecule has 8 nitrogen and oxygen atoms in total. The van der Waals surface area contributed by atoms with Crippen molar-refractivity contribution in [1.29, 1.82) is 0 Å². The Kier molecular flexibility index (Phi) is 9.12. The van der Waals surface area contributed by atoms with Gasteiger partial charge in [0, 0.05) is 13.0 Å². The zero-order chi connectivity index (χ0) is 22.8. The highest BCUT2D eigenvalue weighted by Gasteiger charge is 2.16. The van der Waals surface area contributed by atoms with Crippen LogP contribution in [0.3, 0.4) is 0 Å². The number of ether oxygens (including phenoxy) is 3. The number of rotatable bonds is 11. The summed E-state index contributed by atoms with van der Waals surface area (Å²) in [6.07, 6.45) is -0.0831. The molecule has 0 heterocycles. The average Bonchev–Trinajstić information content (AvgIpc) is 2.70. The standard InChI is InChI=1S/C23H29NO7/c1-15(2)8-17(10-21(25)26)13-24-23(28)31-14-30-22(27)11-16-4-5-19-12-20(29-3)7-6-18(19)9-16/h4-7,9,12,15,17H,8,10-11,13-14H2,1-3H3,(H,24,28)(H,25,26). The zero-order valence-electron chi connectivity index (χ0n) is 18.1. The minimum Gasteiger partial charge on any atom is -0.497 e. The molecule has 0 spiro atoms. The summed E-state index contributed by atoms with van der Waals surface area (Å²) < 4.78 is 15.0. The predicted octanol–water partition coefficient (Wildman–Crippen LogP) is 3.75. The summed E-state index contributed by atoms with van der Waals surface area (Å²) in [4.78, 5) is 34.7. The monoisotopic (exact) mass is 431 g/mol. The zero-order valence-corrected chi connectivity index (χ0v) is 18.1. The molecule has 168 valence electrons. The number of methoxy groups -OCH3 is 1. The molecule has 1 amide bonds. The topological polar surface area (TPSA) is 111 Å². The van der Waals surface area contributed by atoms with Crippen molar-refractivity contribution in [2.24, 2.45) is 11.8 Å². The molecule has 0 radical (unpaired) electrons. The maximum Gasteiger partial charge on any atom is 0.410 e. The van der Waals surface area contributed by atoms with E-state index in [-0.39, 0.29) is 25.3 Å². The highest BCUT2D eigenvalue weighted by atomic mass is 16.7. The molecule has 0 bridgehead atoms. The normalized spacial score (nSPS) is 11.7. The Morgan fingerprint density at radius 2 is 1.74 bits per heavy atom. The fourth-order valence-corrected chi connectivity index (χ4v) is 3.31. The molecule has 8 heteroatoms. The molecule has 2 rings (SSSR count). The second kappa shape index (κ2) is 11.8. The number of carbonyl (C=O) groups excluding carboxylic acids is 2. The van der Waals surface area contributed by atoms with Gasteiger partial charge >= 0.3 is 18.0 Å². The Labute approximate surface area is 181 Å². The van der Waals surface area contributed by atoms with Crippen LogP contribution in [0, 0.1) is 11.8 Å². The first-order chi connectivity index (χ1) is 14.8. The Morgan fingerprint density at radius 3 is 2.42 bits per heavy atom. The molecule has 2 aromatic rings. The van der Waals surface area contributed by atoms with Crippen LogP contribution in [0.2, 0.25) is 0 Å². The lowest BCUT2D eigenvalue weighted by Crippen LogP contribution is -2.32. The maximum atomic E-state index is 12.0. The first-order valence-corrected chi connectivity index (χ1v) is 10.1. The first kappa shape index (κ1) is 24.0. The first-order valence-electron chi connectivity index (χ1n) is 10.1. The van der Waals surface area contributed by atoms with Crippen LogP contribution in [0.4, 0.5) is 4.79 Å². The van der Waals surface area contributed by atoms with Crippen molar-refractivity contribution in [3.8, 4) is 5.75 Å². The predicted molar refractivity (Wildman–Crippen MR) is 115 cm³/mol. The number of hydrogen-bond acceptors (Lipinski definition) is 6. The molecule has 31 heavy (non-hydrogen) atoms. The van der Waals surface area contributed by atoms with E-state index >= 15 is 0 Å². The molecular formula is C23H29NO7. The van der Waals surface area contributed by atoms with Crippen molar-refractivity contribution in [1.82, 2.24) is 5.32 Å². The lowest BCUT2D eigenvalue weighted by Gasteiger charge is -2.17. The molecular weight excluding hydrogens is 402 g/mol. The van der Waals surface area contributed by atoms with Gasteiger partial charge in [0.25, 0.3) is 0 Å². The van der Waals surface area contributed by atoms with Crippen molar-refractivity contribution in [2.75, 3.05) is 20.4 Å². The SMILES string of the molecule is COc1ccc2cc(CC(=O)OCOC(=O)NCC(CC(=O)O)CC(C)C)ccc2c1. The fourth-order valence-electron chi connectivity index (χ4n) is 3.31. The minimum atomic E-state index is -0.914. The molecule has 2 N–H and O–H groups in total. The number of esters is 1. The third kappa shape index (κ3) is 8.54. The van der Waals surface area contributed by atoms with Crippen LogP contribution in [0.1, 0.15) is 32.3 Å². The molecule has 0 saturated carbocycles. The van der Waals surface area contributed by atoms with Gasteiger partial charge in [-0.3, -0.25) is 9.59 Å². The van der Waals surface area contributed by atoms with Crippen molar-refractivity contribution in [2.45, 2.75) is 33.1 Å². The minimum absolute atomic E-state index is 0.0357. The van der Waals surface area contributed by atoms with Crippen LogP contribution in [0.25, 0.3) is 10.8 Å². The van der Waals surface area contributed by atoms with Crippen LogP contribution in [-0.2, 0) is 25.5 Å². The molecule has 0 aliphatic rings. The van der Waals surface area contributed by atoms with E-state index < -0.39 is 24.8 Å². The van der Waals surface area contributed by atoms with Crippen LogP contribution < -0.4 is 10.1 Å². The number of alkyl carbamates (subject to hydrolysis) is 1. The van der Waals surface area contributed by atoms with Crippen LogP contribution in [0.15, 0.2) is 36.4 Å². The van der Waals surface area contributed by atoms with Gasteiger partial charge in [-0.1, -0.05) is 38.1 Å². The summed E-state index contributed by atoms with van der Waals surface area (Å²) in [6, 6.07) is 11.3. The lowest BCUT2D eigenvalue weighted by molar-refractivity contribution is -0.151. The van der Waals surface area contributed by atoms with Crippen LogP contribution >= 0.6 is 0 Å². The van der Waals surface area contributed by atoms with E-state index in [0.29, 0.717) is 12.3 Å². The van der Waals surface area contributed by atoms with Crippen LogP contribution in [-0.4, -0.2) is 43.6 Å². The summed E-state index contributed by atoms with van der Waals surface area (Å²) in [7, 11) is 1.61. The summed E-state index contributed by atoms with van der Waals surface area (Å²) >= 11 is 0. The third-order valence-electron chi connectivity index (χ3n) is 4.67. The van der Waals surface area contributed by atoms with Crippen molar-refractivity contribution in [3.05, 3.63) is 42.0 Å². The number of carboxylic acids is 1. The van der Waals surface area contributed by atoms with Gasteiger partial charge in [-0.25, -0.2) is 4.79 Å². The quantitative estimate of drug-likeness (QED) is 0.412. The Morgan fingerprint density at radius 1 is 1.03 bits per heavy atom. The Bertz CT molecular complexity index is 910. The van der Waals surface area contributed by atoms with Gasteiger partial charge in [-0.2, -0.15) is 0 Å². The van der Waals surface area contributed by atoms with E-state index in [2.05, 4.69) is 5.32 Å². The van der Waals surface area contributed by atoms with Crippen molar-refractivity contribution in [3.63, 3.8) is 0 Å². The summed E-state index contributed by atoms with van der Waals surface area (Å²) in [5.74, 6) is -0.568. The molecule has 1 atom stereocenters. The van der Waals surface area contributed by atoms with Gasteiger partial charge in [0.05, 0.1) is 13.5 Å². The van der Waals surface area contributed by atoms with E-state index in [9.17, 15) is 14.4 Å². The van der Waals surface area contributed by atoms with E-state index in [1.54, 1.807) is 7.11 Å². The molecule has 2 aromatic carbocycles. The molecule has 0 aliphatic carbocycles. The Hall–Kier alpha value is -3.29. The van der Waals surface area contributed by atoms with Crippen molar-refractivity contribution < 1.29 is 33.7 Å². The van der Waals surface area contributed by atoms with Gasteiger partial charge in [0.2, 0.25) is 6.79 Å². The van der Waals surface area contributed by atoms with E-state index in [0.717, 1.165) is 22.1 Å². The average molecular weight is 431 g/mol. The number of nitrogens with one attached hydrogen (secondary N) is 1. The Balaban J connectivity index is 1.75. The molecule has 0 aromatic heterocycles. The number of benzene rings is 2. The maximum absolute atomic E-state index is 12.0. The van der Waals surface area contributed by atoms with E-state index in [1.165, 1.54) is 0 Å². The van der Waals surface area contributed by atoms with E-state index in [4.69, 9.17) is 19.3 Å². The second-order valence-electron chi connectivity index (χ2n) is 7.76. The number of carbonyl (C=O) groups is 3. The number of aliphatic carboxylic acids is 1. The van der Waals surface area contributed by atoms with Crippen molar-refractivity contribution >= 4 is 28.8 Å². The smallest absolute Gasteiger partial charge is 0.410 e. The fraction of sp³-hybridized carbons (Fsp3) is 0.435. The summed E-state index contributed by atoms with van der Waals surface area (Å²) in [6.45, 7) is 3.64. The van der Waals surface area contributed by atoms with Gasteiger partial charge in [0.15, 0.2) is 0 Å². The number of carboxylic acid groups (broad SMARTS) is 1. The van der Waals surface area contributed by atoms with Gasteiger partial charge in [-0.15, -0.1) is 0 Å². The van der Waals surface area contributed by atoms with Gasteiger partial charge < -0.3 is 24.6 Å². The van der Waals surface area contributed by atoms with Gasteiger partial charge in [0.1, 0.15) is 5.75 Å². The largest absolute Gasteiger partial charge is 0.497 e. The van der Waals surface area contributed by atoms with Gasteiger partial charge in [-0.05, 0) is 46.7 Å². The number of amides is 1. The highest BCUT2D eigenvalue weighted by Crippen LogP contribution is 2.22. The number of fused-ring (bicyclic) bond motifs is 1. The third-order valence-corrected chi connectivity index (χ3v) is 4.67. The van der Waals surface area contributed by atoms with Crippen LogP contribution in [0.5, 0.6) is 5.75 Å². The molecule has 1 unspecified atom stereocenters. The summed E-state index contributed by atoms with van der Waals surface area (Å²) in [5.41, 5.74) is 0.775. The molecule has 0 fully saturated rings.